The van der Waals surface area contributed by atoms with Gasteiger partial charge in [0.05, 0.1) is 0 Å². The number of nitrogens with one attached hydrogen (secondary N) is 1. The average molecular weight is 281 g/mol. The van der Waals surface area contributed by atoms with Crippen LogP contribution in [0.2, 0.25) is 0 Å². The molecule has 0 aliphatic heterocycles. The molecule has 1 atom stereocenters. The van der Waals surface area contributed by atoms with Gasteiger partial charge in [-0.2, -0.15) is 12.6 Å². The quantitative estimate of drug-likeness (QED) is 0.747. The van der Waals surface area contributed by atoms with Crippen LogP contribution in [-0.4, -0.2) is 47.1 Å². The van der Waals surface area contributed by atoms with E-state index in [0.29, 0.717) is 13.0 Å². The third-order valence-corrected chi connectivity index (χ3v) is 3.03. The van der Waals surface area contributed by atoms with Gasteiger partial charge in [0.15, 0.2) is 0 Å². The molecule has 0 saturated heterocycles. The molecule has 104 valence electrons. The lowest BCUT2D eigenvalue weighted by atomic mass is 10.2. The molecule has 0 aliphatic rings. The fourth-order valence-corrected chi connectivity index (χ4v) is 1.88. The van der Waals surface area contributed by atoms with E-state index in [9.17, 15) is 9.59 Å². The highest BCUT2D eigenvalue weighted by atomic mass is 32.1. The van der Waals surface area contributed by atoms with E-state index in [2.05, 4.69) is 22.9 Å². The summed E-state index contributed by atoms with van der Waals surface area (Å²) < 4.78 is 0. The van der Waals surface area contributed by atoms with Crippen LogP contribution < -0.4 is 5.32 Å². The maximum absolute atomic E-state index is 12.1. The van der Waals surface area contributed by atoms with Crippen LogP contribution in [0.15, 0.2) is 24.4 Å². The zero-order chi connectivity index (χ0) is 14.3. The molecule has 5 nitrogen and oxygen atoms in total. The highest BCUT2D eigenvalue weighted by molar-refractivity contribution is 7.80. The molecule has 1 aromatic rings. The molecule has 0 saturated carbocycles. The van der Waals surface area contributed by atoms with E-state index in [1.165, 1.54) is 6.92 Å². The number of pyridine rings is 1. The number of nitrogens with zero attached hydrogens (tertiary/aromatic N) is 2. The Labute approximate surface area is 118 Å². The van der Waals surface area contributed by atoms with Crippen LogP contribution in [0.5, 0.6) is 0 Å². The van der Waals surface area contributed by atoms with Gasteiger partial charge in [-0.3, -0.25) is 14.6 Å². The molecule has 19 heavy (non-hydrogen) atoms. The lowest BCUT2D eigenvalue weighted by Crippen LogP contribution is -2.48. The molecule has 0 radical (unpaired) electrons. The van der Waals surface area contributed by atoms with Crippen molar-refractivity contribution >= 4 is 24.4 Å². The van der Waals surface area contributed by atoms with Gasteiger partial charge in [-0.15, -0.1) is 0 Å². The molecule has 1 heterocycles. The van der Waals surface area contributed by atoms with E-state index < -0.39 is 6.04 Å². The first-order chi connectivity index (χ1) is 9.04. The first kappa shape index (κ1) is 15.5. The van der Waals surface area contributed by atoms with Gasteiger partial charge in [-0.05, 0) is 12.1 Å². The minimum atomic E-state index is -0.574. The summed E-state index contributed by atoms with van der Waals surface area (Å²) in [6.45, 7) is 1.94. The van der Waals surface area contributed by atoms with Crippen molar-refractivity contribution in [3.63, 3.8) is 0 Å². The molecule has 6 heteroatoms. The van der Waals surface area contributed by atoms with Gasteiger partial charge in [0, 0.05) is 44.6 Å². The fourth-order valence-electron chi connectivity index (χ4n) is 1.64. The monoisotopic (exact) mass is 281 g/mol. The molecule has 0 spiro atoms. The van der Waals surface area contributed by atoms with Crippen LogP contribution in [-0.2, 0) is 16.0 Å². The number of hydrogen-bond donors (Lipinski definition) is 2. The van der Waals surface area contributed by atoms with E-state index in [0.717, 1.165) is 5.69 Å². The van der Waals surface area contributed by atoms with E-state index in [1.807, 2.05) is 18.2 Å². The lowest BCUT2D eigenvalue weighted by Gasteiger charge is -2.23. The third kappa shape index (κ3) is 5.30. The van der Waals surface area contributed by atoms with Crippen LogP contribution in [0.3, 0.4) is 0 Å². The largest absolute Gasteiger partial charge is 0.344 e. The number of aromatic nitrogens is 1. The lowest BCUT2D eigenvalue weighted by molar-refractivity contribution is -0.134. The van der Waals surface area contributed by atoms with Gasteiger partial charge in [-0.25, -0.2) is 0 Å². The number of amides is 2. The van der Waals surface area contributed by atoms with Crippen LogP contribution in [0.4, 0.5) is 0 Å². The summed E-state index contributed by atoms with van der Waals surface area (Å²) in [5, 5.41) is 2.59. The van der Waals surface area contributed by atoms with Crippen LogP contribution >= 0.6 is 12.6 Å². The first-order valence-corrected chi connectivity index (χ1v) is 6.70. The van der Waals surface area contributed by atoms with Crippen molar-refractivity contribution < 1.29 is 9.59 Å². The zero-order valence-corrected chi connectivity index (χ0v) is 12.1. The average Bonchev–Trinajstić information content (AvgIpc) is 2.42. The van der Waals surface area contributed by atoms with Gasteiger partial charge in [0.1, 0.15) is 6.04 Å². The molecule has 0 fully saturated rings. The second-order valence-electron chi connectivity index (χ2n) is 4.27. The number of hydrogen-bond acceptors (Lipinski definition) is 4. The summed E-state index contributed by atoms with van der Waals surface area (Å²) in [7, 11) is 1.71. The smallest absolute Gasteiger partial charge is 0.245 e. The molecule has 0 aliphatic carbocycles. The molecule has 0 bridgehead atoms. The third-order valence-electron chi connectivity index (χ3n) is 2.66. The molecule has 0 unspecified atom stereocenters. The Morgan fingerprint density at radius 1 is 1.47 bits per heavy atom. The summed E-state index contributed by atoms with van der Waals surface area (Å²) in [5.74, 6) is -0.0848. The minimum absolute atomic E-state index is 0.138. The Bertz CT molecular complexity index is 425. The standard InChI is InChI=1S/C13H19N3O2S/c1-10(17)15-12(9-19)13(18)16(2)8-6-11-5-3-4-7-14-11/h3-5,7,12,19H,6,8-9H2,1-2H3,(H,15,17)/t12-/m1/s1. The SMILES string of the molecule is CC(=O)N[C@H](CS)C(=O)N(C)CCc1ccccn1. The van der Waals surface area contributed by atoms with E-state index in [1.54, 1.807) is 18.1 Å². The Balaban J connectivity index is 2.49. The molecule has 1 N–H and O–H groups in total. The summed E-state index contributed by atoms with van der Waals surface area (Å²) >= 11 is 4.09. The number of likely N-dealkylation sites (N-methyl/N-ethyl adjacent to an activating group) is 1. The molecular weight excluding hydrogens is 262 g/mol. The van der Waals surface area contributed by atoms with Crippen molar-refractivity contribution in [1.82, 2.24) is 15.2 Å². The van der Waals surface area contributed by atoms with Crippen LogP contribution in [0, 0.1) is 0 Å². The number of rotatable bonds is 6. The predicted octanol–water partition coefficient (Wildman–Crippen LogP) is 0.517. The summed E-state index contributed by atoms with van der Waals surface area (Å²) in [5.41, 5.74) is 0.934. The van der Waals surface area contributed by atoms with E-state index in [4.69, 9.17) is 0 Å². The van der Waals surface area contributed by atoms with E-state index in [-0.39, 0.29) is 17.6 Å². The van der Waals surface area contributed by atoms with Gasteiger partial charge in [0.25, 0.3) is 0 Å². The Morgan fingerprint density at radius 2 is 2.21 bits per heavy atom. The second kappa shape index (κ2) is 7.78. The predicted molar refractivity (Wildman–Crippen MR) is 77.0 cm³/mol. The molecule has 2 amide bonds. The van der Waals surface area contributed by atoms with Crippen molar-refractivity contribution in [3.8, 4) is 0 Å². The molecule has 0 aromatic carbocycles. The van der Waals surface area contributed by atoms with Crippen molar-refractivity contribution in [2.75, 3.05) is 19.3 Å². The number of carbonyl (C=O) groups is 2. The normalized spacial score (nSPS) is 11.7. The second-order valence-corrected chi connectivity index (χ2v) is 4.63. The van der Waals surface area contributed by atoms with Crippen molar-refractivity contribution in [1.29, 1.82) is 0 Å². The molecular formula is C13H19N3O2S. The topological polar surface area (TPSA) is 62.3 Å². The van der Waals surface area contributed by atoms with Crippen LogP contribution in [0.1, 0.15) is 12.6 Å². The maximum atomic E-state index is 12.1. The summed E-state index contributed by atoms with van der Waals surface area (Å²) in [6, 6.07) is 5.11. The fraction of sp³-hybridized carbons (Fsp3) is 0.462. The Hall–Kier alpha value is -1.56. The Kier molecular flexibility index (Phi) is 6.35. The first-order valence-electron chi connectivity index (χ1n) is 6.07. The molecule has 1 aromatic heterocycles. The van der Waals surface area contributed by atoms with Crippen molar-refractivity contribution in [2.45, 2.75) is 19.4 Å². The van der Waals surface area contributed by atoms with Gasteiger partial charge >= 0.3 is 0 Å². The highest BCUT2D eigenvalue weighted by Crippen LogP contribution is 2.00. The van der Waals surface area contributed by atoms with Crippen molar-refractivity contribution in [2.24, 2.45) is 0 Å². The van der Waals surface area contributed by atoms with Gasteiger partial charge in [0.2, 0.25) is 11.8 Å². The number of carbonyl (C=O) groups excluding carboxylic acids is 2. The Morgan fingerprint density at radius 3 is 2.74 bits per heavy atom. The van der Waals surface area contributed by atoms with Crippen molar-refractivity contribution in [3.05, 3.63) is 30.1 Å². The minimum Gasteiger partial charge on any atom is -0.344 e. The van der Waals surface area contributed by atoms with Crippen LogP contribution in [0.25, 0.3) is 0 Å². The van der Waals surface area contributed by atoms with Gasteiger partial charge < -0.3 is 10.2 Å². The number of thiol groups is 1. The van der Waals surface area contributed by atoms with E-state index >= 15 is 0 Å². The maximum Gasteiger partial charge on any atom is 0.245 e. The highest BCUT2D eigenvalue weighted by Gasteiger charge is 2.21. The summed E-state index contributed by atoms with van der Waals surface area (Å²) in [4.78, 5) is 28.9. The summed E-state index contributed by atoms with van der Waals surface area (Å²) in [6.07, 6.45) is 2.41. The van der Waals surface area contributed by atoms with Gasteiger partial charge in [-0.1, -0.05) is 6.07 Å². The molecule has 1 rings (SSSR count). The zero-order valence-electron chi connectivity index (χ0n) is 11.2.